The lowest BCUT2D eigenvalue weighted by atomic mass is 9.98. The lowest BCUT2D eigenvalue weighted by Crippen LogP contribution is -2.28. The van der Waals surface area contributed by atoms with Crippen molar-refractivity contribution >= 4 is 11.9 Å². The van der Waals surface area contributed by atoms with Crippen LogP contribution in [0.3, 0.4) is 0 Å². The van der Waals surface area contributed by atoms with Crippen LogP contribution >= 0.6 is 0 Å². The molecule has 19 heavy (non-hydrogen) atoms. The number of aliphatic hydroxyl groups excluding tert-OH is 1. The van der Waals surface area contributed by atoms with Crippen LogP contribution < -0.4 is 0 Å². The third kappa shape index (κ3) is 3.54. The molecule has 2 saturated heterocycles. The predicted molar refractivity (Wildman–Crippen MR) is 64.2 cm³/mol. The topological polar surface area (TPSA) is 82.1 Å². The van der Waals surface area contributed by atoms with Crippen molar-refractivity contribution in [3.63, 3.8) is 0 Å². The van der Waals surface area contributed by atoms with Crippen LogP contribution in [0, 0.1) is 0 Å². The van der Waals surface area contributed by atoms with E-state index in [-0.39, 0.29) is 36.9 Å². The first-order chi connectivity index (χ1) is 9.10. The molecule has 6 heteroatoms. The molecule has 3 unspecified atom stereocenters. The Kier molecular flexibility index (Phi) is 4.55. The summed E-state index contributed by atoms with van der Waals surface area (Å²) in [7, 11) is 0. The number of rotatable bonds is 6. The molecule has 0 saturated carbocycles. The highest BCUT2D eigenvalue weighted by atomic mass is 16.6. The van der Waals surface area contributed by atoms with Gasteiger partial charge in [0.1, 0.15) is 12.7 Å². The standard InChI is InChI=1S/C13H18O6/c1-8(7-14)13(16)17-5-4-12(15)19-11-6-9-2-3-10(11)18-9/h9-11,14H,1-7H2. The molecule has 2 aliphatic heterocycles. The van der Waals surface area contributed by atoms with E-state index in [1.54, 1.807) is 0 Å². The summed E-state index contributed by atoms with van der Waals surface area (Å²) >= 11 is 0. The van der Waals surface area contributed by atoms with E-state index in [4.69, 9.17) is 19.3 Å². The molecule has 0 radical (unpaired) electrons. The molecule has 0 aromatic carbocycles. The minimum Gasteiger partial charge on any atom is -0.462 e. The van der Waals surface area contributed by atoms with Gasteiger partial charge in [-0.3, -0.25) is 4.79 Å². The molecular formula is C13H18O6. The Labute approximate surface area is 111 Å². The molecular weight excluding hydrogens is 252 g/mol. The Balaban J connectivity index is 1.62. The van der Waals surface area contributed by atoms with Crippen molar-refractivity contribution < 1.29 is 28.9 Å². The average molecular weight is 270 g/mol. The quantitative estimate of drug-likeness (QED) is 0.553. The van der Waals surface area contributed by atoms with Crippen LogP contribution in [0.5, 0.6) is 0 Å². The van der Waals surface area contributed by atoms with Crippen LogP contribution in [-0.4, -0.2) is 48.6 Å². The van der Waals surface area contributed by atoms with Gasteiger partial charge in [-0.15, -0.1) is 0 Å². The van der Waals surface area contributed by atoms with Crippen molar-refractivity contribution in [2.24, 2.45) is 0 Å². The molecule has 0 amide bonds. The monoisotopic (exact) mass is 270 g/mol. The van der Waals surface area contributed by atoms with Gasteiger partial charge < -0.3 is 19.3 Å². The number of carbonyl (C=O) groups excluding carboxylic acids is 2. The van der Waals surface area contributed by atoms with E-state index in [9.17, 15) is 9.59 Å². The van der Waals surface area contributed by atoms with Gasteiger partial charge in [-0.05, 0) is 12.8 Å². The van der Waals surface area contributed by atoms with E-state index in [0.717, 1.165) is 19.3 Å². The second-order valence-electron chi connectivity index (χ2n) is 4.79. The molecule has 0 aromatic heterocycles. The number of fused-ring (bicyclic) bond motifs is 2. The Hall–Kier alpha value is -1.40. The first-order valence-corrected chi connectivity index (χ1v) is 6.41. The zero-order valence-corrected chi connectivity index (χ0v) is 10.7. The molecule has 0 aliphatic carbocycles. The van der Waals surface area contributed by atoms with Crippen LogP contribution in [0.1, 0.15) is 25.7 Å². The van der Waals surface area contributed by atoms with Crippen molar-refractivity contribution in [3.8, 4) is 0 Å². The van der Waals surface area contributed by atoms with E-state index >= 15 is 0 Å². The maximum Gasteiger partial charge on any atom is 0.335 e. The van der Waals surface area contributed by atoms with Crippen molar-refractivity contribution in [3.05, 3.63) is 12.2 Å². The molecule has 1 N–H and O–H groups in total. The Morgan fingerprint density at radius 2 is 2.16 bits per heavy atom. The highest BCUT2D eigenvalue weighted by Gasteiger charge is 2.42. The van der Waals surface area contributed by atoms with Crippen LogP contribution in [0.25, 0.3) is 0 Å². The first-order valence-electron chi connectivity index (χ1n) is 6.41. The fourth-order valence-corrected chi connectivity index (χ4v) is 2.34. The van der Waals surface area contributed by atoms with Gasteiger partial charge in [0.05, 0.1) is 30.8 Å². The van der Waals surface area contributed by atoms with Gasteiger partial charge in [0.15, 0.2) is 0 Å². The first kappa shape index (κ1) is 14.0. The highest BCUT2D eigenvalue weighted by molar-refractivity contribution is 5.88. The van der Waals surface area contributed by atoms with Crippen molar-refractivity contribution in [2.45, 2.75) is 44.0 Å². The van der Waals surface area contributed by atoms with E-state index in [1.165, 1.54) is 0 Å². The molecule has 2 bridgehead atoms. The summed E-state index contributed by atoms with van der Waals surface area (Å²) in [5.41, 5.74) is -0.0325. The largest absolute Gasteiger partial charge is 0.462 e. The molecule has 3 atom stereocenters. The highest BCUT2D eigenvalue weighted by Crippen LogP contribution is 2.36. The molecule has 2 fully saturated rings. The summed E-state index contributed by atoms with van der Waals surface area (Å²) < 4.78 is 15.6. The Bertz CT molecular complexity index is 377. The van der Waals surface area contributed by atoms with Crippen LogP contribution in [0.4, 0.5) is 0 Å². The molecule has 2 heterocycles. The average Bonchev–Trinajstić information content (AvgIpc) is 2.99. The summed E-state index contributed by atoms with van der Waals surface area (Å²) in [5.74, 6) is -1.10. The molecule has 2 aliphatic rings. The number of hydrogen-bond donors (Lipinski definition) is 1. The van der Waals surface area contributed by atoms with Crippen LogP contribution in [0.15, 0.2) is 12.2 Å². The third-order valence-electron chi connectivity index (χ3n) is 3.35. The van der Waals surface area contributed by atoms with Gasteiger partial charge in [-0.1, -0.05) is 6.58 Å². The summed E-state index contributed by atoms with van der Waals surface area (Å²) in [5, 5.41) is 8.66. The zero-order valence-electron chi connectivity index (χ0n) is 10.7. The molecule has 0 spiro atoms. The van der Waals surface area contributed by atoms with Gasteiger partial charge in [-0.25, -0.2) is 4.79 Å². The predicted octanol–water partition coefficient (Wildman–Crippen LogP) is 0.331. The number of carbonyl (C=O) groups is 2. The van der Waals surface area contributed by atoms with Gasteiger partial charge in [0, 0.05) is 6.42 Å². The van der Waals surface area contributed by atoms with Gasteiger partial charge in [-0.2, -0.15) is 0 Å². The van der Waals surface area contributed by atoms with E-state index < -0.39 is 18.5 Å². The van der Waals surface area contributed by atoms with E-state index in [0.29, 0.717) is 0 Å². The van der Waals surface area contributed by atoms with Crippen LogP contribution in [0.2, 0.25) is 0 Å². The number of aliphatic hydroxyl groups is 1. The molecule has 2 rings (SSSR count). The number of esters is 2. The number of hydrogen-bond acceptors (Lipinski definition) is 6. The second kappa shape index (κ2) is 6.16. The van der Waals surface area contributed by atoms with Crippen LogP contribution in [-0.2, 0) is 23.8 Å². The summed E-state index contributed by atoms with van der Waals surface area (Å²) in [6, 6.07) is 0. The smallest absolute Gasteiger partial charge is 0.335 e. The summed E-state index contributed by atoms with van der Waals surface area (Å²) in [6.45, 7) is 2.80. The normalized spacial score (nSPS) is 28.2. The van der Waals surface area contributed by atoms with E-state index in [2.05, 4.69) is 6.58 Å². The lowest BCUT2D eigenvalue weighted by Gasteiger charge is -2.19. The SMILES string of the molecule is C=C(CO)C(=O)OCCC(=O)OC1CC2CCC1O2. The minimum atomic E-state index is -0.696. The van der Waals surface area contributed by atoms with Crippen molar-refractivity contribution in [2.75, 3.05) is 13.2 Å². The zero-order chi connectivity index (χ0) is 13.8. The maximum atomic E-state index is 11.6. The third-order valence-corrected chi connectivity index (χ3v) is 3.35. The van der Waals surface area contributed by atoms with Gasteiger partial charge in [0.25, 0.3) is 0 Å². The summed E-state index contributed by atoms with van der Waals surface area (Å²) in [4.78, 5) is 22.7. The number of ether oxygens (including phenoxy) is 3. The lowest BCUT2D eigenvalue weighted by molar-refractivity contribution is -0.154. The maximum absolute atomic E-state index is 11.6. The second-order valence-corrected chi connectivity index (χ2v) is 4.79. The van der Waals surface area contributed by atoms with Crippen molar-refractivity contribution in [1.29, 1.82) is 0 Å². The Morgan fingerprint density at radius 1 is 1.37 bits per heavy atom. The molecule has 0 aromatic rings. The van der Waals surface area contributed by atoms with E-state index in [1.807, 2.05) is 0 Å². The molecule has 6 nitrogen and oxygen atoms in total. The fraction of sp³-hybridized carbons (Fsp3) is 0.692. The molecule has 106 valence electrons. The summed E-state index contributed by atoms with van der Waals surface area (Å²) in [6.07, 6.45) is 2.84. The van der Waals surface area contributed by atoms with Gasteiger partial charge in [0.2, 0.25) is 0 Å². The van der Waals surface area contributed by atoms with Crippen molar-refractivity contribution in [1.82, 2.24) is 0 Å². The minimum absolute atomic E-state index is 0.00165. The Morgan fingerprint density at radius 3 is 2.74 bits per heavy atom. The fourth-order valence-electron chi connectivity index (χ4n) is 2.34. The van der Waals surface area contributed by atoms with Gasteiger partial charge >= 0.3 is 11.9 Å².